The van der Waals surface area contributed by atoms with Crippen LogP contribution in [-0.2, 0) is 10.0 Å². The molecule has 0 spiro atoms. The molecule has 0 bridgehead atoms. The smallest absolute Gasteiger partial charge is 0.266 e. The predicted molar refractivity (Wildman–Crippen MR) is 124 cm³/mol. The minimum Gasteiger partial charge on any atom is -0.495 e. The molecule has 0 amide bonds. The van der Waals surface area contributed by atoms with E-state index in [0.717, 1.165) is 11.0 Å². The topological polar surface area (TPSA) is 108 Å². The number of rotatable bonds is 6. The van der Waals surface area contributed by atoms with Crippen molar-refractivity contribution in [3.05, 3.63) is 78.1 Å². The lowest BCUT2D eigenvalue weighted by molar-refractivity contribution is 0.403. The zero-order valence-corrected chi connectivity index (χ0v) is 18.7. The fourth-order valence-corrected chi connectivity index (χ4v) is 4.81. The first-order valence-electron chi connectivity index (χ1n) is 9.67. The maximum Gasteiger partial charge on any atom is 0.266 e. The third-order valence-electron chi connectivity index (χ3n) is 4.84. The van der Waals surface area contributed by atoms with Crippen molar-refractivity contribution in [2.75, 3.05) is 11.8 Å². The Hall–Kier alpha value is -3.89. The van der Waals surface area contributed by atoms with E-state index in [2.05, 4.69) is 19.9 Å². The van der Waals surface area contributed by atoms with Crippen LogP contribution >= 0.6 is 11.6 Å². The fourth-order valence-electron chi connectivity index (χ4n) is 3.32. The Kier molecular flexibility index (Phi) is 5.23. The lowest BCUT2D eigenvalue weighted by Crippen LogP contribution is -2.14. The number of hydrogen-bond acceptors (Lipinski definition) is 7. The van der Waals surface area contributed by atoms with Gasteiger partial charge in [0, 0.05) is 10.7 Å². The zero-order valence-electron chi connectivity index (χ0n) is 17.1. The van der Waals surface area contributed by atoms with E-state index in [1.54, 1.807) is 41.1 Å². The van der Waals surface area contributed by atoms with Gasteiger partial charge in [0.05, 0.1) is 18.1 Å². The second kappa shape index (κ2) is 8.23. The summed E-state index contributed by atoms with van der Waals surface area (Å²) in [6, 6.07) is 18.3. The second-order valence-electron chi connectivity index (χ2n) is 6.96. The van der Waals surface area contributed by atoms with Gasteiger partial charge in [-0.3, -0.25) is 9.12 Å². The number of benzene rings is 3. The minimum atomic E-state index is -3.93. The SMILES string of the molecule is COc1ccc(Cl)cc1S(=O)(=O)Nc1ccc(Oc2nc3ccccc3n3cnnc23)cc1. The molecule has 166 valence electrons. The highest BCUT2D eigenvalue weighted by Gasteiger charge is 2.20. The highest BCUT2D eigenvalue weighted by atomic mass is 35.5. The molecule has 5 aromatic rings. The molecule has 0 saturated carbocycles. The molecular weight excluding hydrogens is 466 g/mol. The molecule has 1 N–H and O–H groups in total. The van der Waals surface area contributed by atoms with Gasteiger partial charge in [-0.25, -0.2) is 13.4 Å². The summed E-state index contributed by atoms with van der Waals surface area (Å²) < 4.78 is 41.1. The molecule has 2 heterocycles. The second-order valence-corrected chi connectivity index (χ2v) is 9.04. The normalized spacial score (nSPS) is 11.6. The van der Waals surface area contributed by atoms with E-state index in [9.17, 15) is 8.42 Å². The lowest BCUT2D eigenvalue weighted by Gasteiger charge is -2.12. The quantitative estimate of drug-likeness (QED) is 0.379. The van der Waals surface area contributed by atoms with Gasteiger partial charge in [-0.1, -0.05) is 23.7 Å². The molecule has 5 rings (SSSR count). The van der Waals surface area contributed by atoms with E-state index in [0.29, 0.717) is 17.1 Å². The minimum absolute atomic E-state index is 0.0626. The van der Waals surface area contributed by atoms with Crippen molar-refractivity contribution in [1.29, 1.82) is 0 Å². The van der Waals surface area contributed by atoms with Crippen LogP contribution in [0.2, 0.25) is 5.02 Å². The molecule has 0 aliphatic heterocycles. The van der Waals surface area contributed by atoms with E-state index in [1.165, 1.54) is 19.2 Å². The number of ether oxygens (including phenoxy) is 2. The van der Waals surface area contributed by atoms with Crippen molar-refractivity contribution >= 4 is 44.0 Å². The lowest BCUT2D eigenvalue weighted by atomic mass is 10.3. The summed E-state index contributed by atoms with van der Waals surface area (Å²) in [5.41, 5.74) is 2.38. The van der Waals surface area contributed by atoms with Crippen molar-refractivity contribution in [2.45, 2.75) is 4.90 Å². The number of halogens is 1. The number of methoxy groups -OCH3 is 1. The Balaban J connectivity index is 1.42. The Morgan fingerprint density at radius 1 is 1.03 bits per heavy atom. The number of anilines is 1. The molecule has 0 fully saturated rings. The highest BCUT2D eigenvalue weighted by Crippen LogP contribution is 2.30. The number of sulfonamides is 1. The van der Waals surface area contributed by atoms with E-state index >= 15 is 0 Å². The number of fused-ring (bicyclic) bond motifs is 3. The van der Waals surface area contributed by atoms with E-state index < -0.39 is 10.0 Å². The Labute approximate surface area is 193 Å². The predicted octanol–water partition coefficient (Wildman–Crippen LogP) is 4.53. The molecule has 33 heavy (non-hydrogen) atoms. The van der Waals surface area contributed by atoms with E-state index in [-0.39, 0.29) is 21.5 Å². The molecule has 11 heteroatoms. The number of nitrogens with zero attached hydrogens (tertiary/aromatic N) is 4. The summed E-state index contributed by atoms with van der Waals surface area (Å²) in [5.74, 6) is 0.917. The Morgan fingerprint density at radius 3 is 2.61 bits per heavy atom. The molecule has 0 aliphatic rings. The van der Waals surface area contributed by atoms with Gasteiger partial charge >= 0.3 is 0 Å². The highest BCUT2D eigenvalue weighted by molar-refractivity contribution is 7.92. The fraction of sp³-hybridized carbons (Fsp3) is 0.0455. The monoisotopic (exact) mass is 481 g/mol. The molecule has 0 aliphatic carbocycles. The van der Waals surface area contributed by atoms with Crippen LogP contribution in [0.3, 0.4) is 0 Å². The number of aromatic nitrogens is 4. The zero-order chi connectivity index (χ0) is 23.0. The van der Waals surface area contributed by atoms with Crippen molar-refractivity contribution in [2.24, 2.45) is 0 Å². The van der Waals surface area contributed by atoms with E-state index in [4.69, 9.17) is 21.1 Å². The van der Waals surface area contributed by atoms with Crippen LogP contribution in [0.15, 0.2) is 78.0 Å². The van der Waals surface area contributed by atoms with Gasteiger partial charge in [0.15, 0.2) is 0 Å². The van der Waals surface area contributed by atoms with Crippen LogP contribution in [0.5, 0.6) is 17.4 Å². The van der Waals surface area contributed by atoms with Crippen molar-refractivity contribution in [3.8, 4) is 17.4 Å². The van der Waals surface area contributed by atoms with Crippen molar-refractivity contribution < 1.29 is 17.9 Å². The molecule has 0 unspecified atom stereocenters. The van der Waals surface area contributed by atoms with Crippen LogP contribution in [-0.4, -0.2) is 35.1 Å². The summed E-state index contributed by atoms with van der Waals surface area (Å²) >= 11 is 5.97. The van der Waals surface area contributed by atoms with Crippen LogP contribution in [0.25, 0.3) is 16.7 Å². The van der Waals surface area contributed by atoms with Crippen LogP contribution in [0, 0.1) is 0 Å². The van der Waals surface area contributed by atoms with Crippen molar-refractivity contribution in [1.82, 2.24) is 19.6 Å². The number of hydrogen-bond donors (Lipinski definition) is 1. The van der Waals surface area contributed by atoms with Gasteiger partial charge in [-0.2, -0.15) is 0 Å². The molecule has 9 nitrogen and oxygen atoms in total. The van der Waals surface area contributed by atoms with Crippen LogP contribution in [0.4, 0.5) is 5.69 Å². The summed E-state index contributed by atoms with van der Waals surface area (Å²) in [7, 11) is -2.54. The van der Waals surface area contributed by atoms with Crippen LogP contribution < -0.4 is 14.2 Å². The maximum atomic E-state index is 12.8. The average molecular weight is 482 g/mol. The van der Waals surface area contributed by atoms with Gasteiger partial charge < -0.3 is 9.47 Å². The third kappa shape index (κ3) is 4.01. The number of nitrogens with one attached hydrogen (secondary N) is 1. The Morgan fingerprint density at radius 2 is 1.82 bits per heavy atom. The first-order valence-corrected chi connectivity index (χ1v) is 11.5. The molecule has 0 radical (unpaired) electrons. The van der Waals surface area contributed by atoms with Gasteiger partial charge in [0.1, 0.15) is 22.7 Å². The summed E-state index contributed by atoms with van der Waals surface area (Å²) in [6.45, 7) is 0. The third-order valence-corrected chi connectivity index (χ3v) is 6.48. The molecular formula is C22H16ClN5O4S. The van der Waals surface area contributed by atoms with Gasteiger partial charge in [-0.15, -0.1) is 10.2 Å². The van der Waals surface area contributed by atoms with Gasteiger partial charge in [-0.05, 0) is 54.6 Å². The number of para-hydroxylation sites is 2. The van der Waals surface area contributed by atoms with Gasteiger partial charge in [0.25, 0.3) is 15.9 Å². The summed E-state index contributed by atoms with van der Waals surface area (Å²) in [5, 5.41) is 8.33. The molecule has 3 aromatic carbocycles. The first-order chi connectivity index (χ1) is 15.9. The Bertz CT molecular complexity index is 1590. The molecule has 0 atom stereocenters. The van der Waals surface area contributed by atoms with E-state index in [1.807, 2.05) is 24.3 Å². The average Bonchev–Trinajstić information content (AvgIpc) is 3.31. The molecule has 2 aromatic heterocycles. The first kappa shape index (κ1) is 21.0. The van der Waals surface area contributed by atoms with Crippen LogP contribution in [0.1, 0.15) is 0 Å². The summed E-state index contributed by atoms with van der Waals surface area (Å²) in [6.07, 6.45) is 1.59. The van der Waals surface area contributed by atoms with Crippen molar-refractivity contribution in [3.63, 3.8) is 0 Å². The summed E-state index contributed by atoms with van der Waals surface area (Å²) in [4.78, 5) is 4.47. The standard InChI is InChI=1S/C22H16ClN5O4S/c1-31-19-11-6-14(23)12-20(19)33(29,30)27-15-7-9-16(10-8-15)32-22-21-26-24-13-28(21)18-5-3-2-4-17(18)25-22/h2-13,27H,1H3. The largest absolute Gasteiger partial charge is 0.495 e. The van der Waals surface area contributed by atoms with Gasteiger partial charge in [0.2, 0.25) is 5.65 Å². The molecule has 0 saturated heterocycles. The maximum absolute atomic E-state index is 12.8.